The standard InChI is InChI=1S/C17H28N2OS/c1-4-18(5-2)11-8-12-19(6-3)15-17-16(9-7-13-20)10-14-21-17/h10,14,20H,4-6,8,11-13,15H2,1-3H3. The number of hydrogen-bond acceptors (Lipinski definition) is 4. The van der Waals surface area contributed by atoms with E-state index in [0.29, 0.717) is 0 Å². The summed E-state index contributed by atoms with van der Waals surface area (Å²) in [4.78, 5) is 6.25. The topological polar surface area (TPSA) is 26.7 Å². The molecule has 1 heterocycles. The zero-order valence-corrected chi connectivity index (χ0v) is 14.4. The van der Waals surface area contributed by atoms with Crippen LogP contribution in [0.1, 0.15) is 37.6 Å². The predicted octanol–water partition coefficient (Wildman–Crippen LogP) is 2.65. The molecule has 0 saturated heterocycles. The first-order chi connectivity index (χ1) is 10.2. The van der Waals surface area contributed by atoms with E-state index in [0.717, 1.165) is 38.3 Å². The van der Waals surface area contributed by atoms with Gasteiger partial charge in [0.1, 0.15) is 6.61 Å². The van der Waals surface area contributed by atoms with Crippen LogP contribution in [0.2, 0.25) is 0 Å². The van der Waals surface area contributed by atoms with Gasteiger partial charge in [-0.05, 0) is 50.6 Å². The van der Waals surface area contributed by atoms with Crippen LogP contribution < -0.4 is 0 Å². The SMILES string of the molecule is CCN(CC)CCCN(CC)Cc1sccc1C#CCO. The average molecular weight is 308 g/mol. The molecule has 0 amide bonds. The van der Waals surface area contributed by atoms with E-state index in [9.17, 15) is 0 Å². The Morgan fingerprint density at radius 3 is 2.38 bits per heavy atom. The highest BCUT2D eigenvalue weighted by atomic mass is 32.1. The Labute approximate surface area is 133 Å². The molecule has 0 aliphatic rings. The molecule has 0 saturated carbocycles. The van der Waals surface area contributed by atoms with E-state index in [2.05, 4.69) is 47.8 Å². The maximum Gasteiger partial charge on any atom is 0.104 e. The fourth-order valence-corrected chi connectivity index (χ4v) is 3.19. The first-order valence-electron chi connectivity index (χ1n) is 7.85. The molecule has 1 N–H and O–H groups in total. The second kappa shape index (κ2) is 10.8. The molecule has 1 aromatic rings. The molecule has 118 valence electrons. The number of hydrogen-bond donors (Lipinski definition) is 1. The largest absolute Gasteiger partial charge is 0.384 e. The van der Waals surface area contributed by atoms with Crippen LogP contribution in [0.15, 0.2) is 11.4 Å². The van der Waals surface area contributed by atoms with Gasteiger partial charge in [0.25, 0.3) is 0 Å². The Hall–Kier alpha value is -0.860. The molecule has 0 aromatic carbocycles. The van der Waals surface area contributed by atoms with Gasteiger partial charge in [0.15, 0.2) is 0 Å². The molecular formula is C17H28N2OS. The van der Waals surface area contributed by atoms with Crippen LogP contribution in [0.5, 0.6) is 0 Å². The van der Waals surface area contributed by atoms with Crippen molar-refractivity contribution in [1.29, 1.82) is 0 Å². The van der Waals surface area contributed by atoms with E-state index < -0.39 is 0 Å². The van der Waals surface area contributed by atoms with Crippen molar-refractivity contribution in [2.24, 2.45) is 0 Å². The molecule has 3 nitrogen and oxygen atoms in total. The van der Waals surface area contributed by atoms with Gasteiger partial charge in [-0.15, -0.1) is 11.3 Å². The molecule has 1 rings (SSSR count). The Kier molecular flexibility index (Phi) is 9.36. The summed E-state index contributed by atoms with van der Waals surface area (Å²) in [5.74, 6) is 5.78. The molecule has 21 heavy (non-hydrogen) atoms. The maximum absolute atomic E-state index is 8.81. The van der Waals surface area contributed by atoms with Crippen molar-refractivity contribution >= 4 is 11.3 Å². The second-order valence-corrected chi connectivity index (χ2v) is 5.97. The molecule has 0 atom stereocenters. The summed E-state index contributed by atoms with van der Waals surface area (Å²) in [5.41, 5.74) is 1.07. The van der Waals surface area contributed by atoms with E-state index in [-0.39, 0.29) is 6.61 Å². The van der Waals surface area contributed by atoms with E-state index in [1.807, 2.05) is 6.07 Å². The van der Waals surface area contributed by atoms with Crippen molar-refractivity contribution in [2.75, 3.05) is 39.3 Å². The van der Waals surface area contributed by atoms with Gasteiger partial charge >= 0.3 is 0 Å². The molecule has 0 aliphatic heterocycles. The molecule has 0 fully saturated rings. The van der Waals surface area contributed by atoms with Gasteiger partial charge in [0, 0.05) is 17.0 Å². The normalized spacial score (nSPS) is 11.0. The predicted molar refractivity (Wildman–Crippen MR) is 91.6 cm³/mol. The number of aliphatic hydroxyl groups excluding tert-OH is 1. The zero-order valence-electron chi connectivity index (χ0n) is 13.6. The van der Waals surface area contributed by atoms with Gasteiger partial charge < -0.3 is 10.0 Å². The fourth-order valence-electron chi connectivity index (χ4n) is 2.32. The van der Waals surface area contributed by atoms with Crippen molar-refractivity contribution in [3.05, 3.63) is 21.9 Å². The molecule has 0 radical (unpaired) electrons. The van der Waals surface area contributed by atoms with Crippen LogP contribution in [-0.4, -0.2) is 54.2 Å². The molecular weight excluding hydrogens is 280 g/mol. The fraction of sp³-hybridized carbons (Fsp3) is 0.647. The summed E-state index contributed by atoms with van der Waals surface area (Å²) in [6.07, 6.45) is 1.21. The zero-order chi connectivity index (χ0) is 15.5. The van der Waals surface area contributed by atoms with Gasteiger partial charge in [-0.25, -0.2) is 0 Å². The quantitative estimate of drug-likeness (QED) is 0.711. The first kappa shape index (κ1) is 18.2. The minimum absolute atomic E-state index is 0.0728. The van der Waals surface area contributed by atoms with E-state index in [1.165, 1.54) is 17.8 Å². The van der Waals surface area contributed by atoms with Crippen LogP contribution >= 0.6 is 11.3 Å². The van der Waals surface area contributed by atoms with Crippen molar-refractivity contribution in [2.45, 2.75) is 33.7 Å². The number of thiophene rings is 1. The summed E-state index contributed by atoms with van der Waals surface area (Å²) < 4.78 is 0. The van der Waals surface area contributed by atoms with E-state index in [4.69, 9.17) is 5.11 Å². The lowest BCUT2D eigenvalue weighted by Crippen LogP contribution is -2.29. The smallest absolute Gasteiger partial charge is 0.104 e. The Bertz CT molecular complexity index is 443. The van der Waals surface area contributed by atoms with Crippen molar-refractivity contribution in [3.63, 3.8) is 0 Å². The second-order valence-electron chi connectivity index (χ2n) is 4.97. The summed E-state index contributed by atoms with van der Waals surface area (Å²) in [5, 5.41) is 10.9. The lowest BCUT2D eigenvalue weighted by Gasteiger charge is -2.23. The summed E-state index contributed by atoms with van der Waals surface area (Å²) in [6.45, 7) is 13.2. The summed E-state index contributed by atoms with van der Waals surface area (Å²) in [6, 6.07) is 2.05. The van der Waals surface area contributed by atoms with Crippen LogP contribution in [0.3, 0.4) is 0 Å². The highest BCUT2D eigenvalue weighted by Gasteiger charge is 2.09. The van der Waals surface area contributed by atoms with Gasteiger partial charge in [0.2, 0.25) is 0 Å². The molecule has 0 unspecified atom stereocenters. The highest BCUT2D eigenvalue weighted by Crippen LogP contribution is 2.18. The van der Waals surface area contributed by atoms with E-state index in [1.54, 1.807) is 11.3 Å². The summed E-state index contributed by atoms with van der Waals surface area (Å²) in [7, 11) is 0. The van der Waals surface area contributed by atoms with Crippen LogP contribution in [0, 0.1) is 11.8 Å². The number of rotatable bonds is 9. The average Bonchev–Trinajstić information content (AvgIpc) is 2.95. The minimum Gasteiger partial charge on any atom is -0.384 e. The van der Waals surface area contributed by atoms with Crippen molar-refractivity contribution in [1.82, 2.24) is 9.80 Å². The maximum atomic E-state index is 8.81. The highest BCUT2D eigenvalue weighted by molar-refractivity contribution is 7.10. The molecule has 1 aromatic heterocycles. The van der Waals surface area contributed by atoms with Crippen LogP contribution in [0.4, 0.5) is 0 Å². The monoisotopic (exact) mass is 308 g/mol. The minimum atomic E-state index is -0.0728. The van der Waals surface area contributed by atoms with Gasteiger partial charge in [-0.3, -0.25) is 4.90 Å². The third-order valence-electron chi connectivity index (χ3n) is 3.71. The Balaban J connectivity index is 2.48. The molecule has 4 heteroatoms. The third-order valence-corrected chi connectivity index (χ3v) is 4.61. The number of nitrogens with zero attached hydrogens (tertiary/aromatic N) is 2. The summed E-state index contributed by atoms with van der Waals surface area (Å²) >= 11 is 1.76. The Morgan fingerprint density at radius 2 is 1.76 bits per heavy atom. The lowest BCUT2D eigenvalue weighted by atomic mass is 10.2. The number of aliphatic hydroxyl groups is 1. The van der Waals surface area contributed by atoms with Crippen LogP contribution in [0.25, 0.3) is 0 Å². The lowest BCUT2D eigenvalue weighted by molar-refractivity contribution is 0.239. The third kappa shape index (κ3) is 6.62. The van der Waals surface area contributed by atoms with Crippen molar-refractivity contribution in [3.8, 4) is 11.8 Å². The van der Waals surface area contributed by atoms with Gasteiger partial charge in [-0.1, -0.05) is 32.6 Å². The van der Waals surface area contributed by atoms with Crippen molar-refractivity contribution < 1.29 is 5.11 Å². The van der Waals surface area contributed by atoms with Crippen LogP contribution in [-0.2, 0) is 6.54 Å². The molecule has 0 aliphatic carbocycles. The van der Waals surface area contributed by atoms with Gasteiger partial charge in [-0.2, -0.15) is 0 Å². The Morgan fingerprint density at radius 1 is 1.10 bits per heavy atom. The molecule has 0 spiro atoms. The first-order valence-corrected chi connectivity index (χ1v) is 8.73. The molecule has 0 bridgehead atoms. The van der Waals surface area contributed by atoms with Gasteiger partial charge in [0.05, 0.1) is 0 Å². The van der Waals surface area contributed by atoms with E-state index >= 15 is 0 Å².